The Morgan fingerprint density at radius 2 is 0.638 bits per heavy atom. The molecule has 0 aromatic heterocycles. The Bertz CT molecular complexity index is 1590. The number of ether oxygens (including phenoxy) is 2. The number of rotatable bonds is 6. The number of nitrogen functional groups attached to an aromatic ring is 4. The Morgan fingerprint density at radius 1 is 0.383 bits per heavy atom. The van der Waals surface area contributed by atoms with Gasteiger partial charge in [-0.3, -0.25) is 0 Å². The maximum absolute atomic E-state index is 14.6. The quantitative estimate of drug-likeness (QED) is 0.119. The van der Waals surface area contributed by atoms with Crippen molar-refractivity contribution in [1.29, 1.82) is 0 Å². The van der Waals surface area contributed by atoms with Crippen molar-refractivity contribution in [2.24, 2.45) is 0 Å². The molecule has 8 N–H and O–H groups in total. The maximum atomic E-state index is 14.6. The molecule has 4 aromatic rings. The minimum Gasteiger partial charge on any atom is -0.453 e. The van der Waals surface area contributed by atoms with Crippen LogP contribution in [0.15, 0.2) is 72.8 Å². The Morgan fingerprint density at radius 3 is 0.851 bits per heavy atom. The maximum Gasteiger partial charge on any atom is 0.416 e. The number of hydrogen-bond acceptors (Lipinski definition) is 6. The fourth-order valence-electron chi connectivity index (χ4n) is 4.68. The first kappa shape index (κ1) is 34.7. The molecular weight excluding hydrogens is 664 g/mol. The second-order valence-electron chi connectivity index (χ2n) is 9.96. The van der Waals surface area contributed by atoms with Gasteiger partial charge in [-0.1, -0.05) is 24.3 Å². The van der Waals surface area contributed by atoms with Crippen molar-refractivity contribution in [3.8, 4) is 23.0 Å². The molecule has 0 fully saturated rings. The van der Waals surface area contributed by atoms with Gasteiger partial charge in [0.2, 0.25) is 5.41 Å². The molecule has 0 unspecified atom stereocenters. The van der Waals surface area contributed by atoms with Gasteiger partial charge in [-0.25, -0.2) is 0 Å². The SMILES string of the molecule is Nc1cc(C(F)(F)F)cc(N)c1Oc1ccc(C(c2ccc(Oc3c(N)cc(C(F)(F)F)cc3N)cc2)(C(F)(F)F)C(F)(F)F)cc1. The zero-order chi connectivity index (χ0) is 35.3. The zero-order valence-corrected chi connectivity index (χ0v) is 23.1. The molecule has 0 aliphatic heterocycles. The highest BCUT2D eigenvalue weighted by Crippen LogP contribution is 2.56. The summed E-state index contributed by atoms with van der Waals surface area (Å²) < 4.78 is 176. The van der Waals surface area contributed by atoms with Crippen LogP contribution >= 0.6 is 0 Å². The van der Waals surface area contributed by atoms with E-state index >= 15 is 0 Å². The van der Waals surface area contributed by atoms with Crippen LogP contribution in [0.5, 0.6) is 23.0 Å². The molecule has 0 bridgehead atoms. The van der Waals surface area contributed by atoms with Gasteiger partial charge in [0.25, 0.3) is 0 Å². The smallest absolute Gasteiger partial charge is 0.416 e. The fourth-order valence-corrected chi connectivity index (χ4v) is 4.68. The molecule has 0 saturated carbocycles. The lowest BCUT2D eigenvalue weighted by atomic mass is 9.73. The van der Waals surface area contributed by atoms with Crippen molar-refractivity contribution in [3.63, 3.8) is 0 Å². The summed E-state index contributed by atoms with van der Waals surface area (Å²) >= 11 is 0. The highest BCUT2D eigenvalue weighted by Gasteiger charge is 2.72. The van der Waals surface area contributed by atoms with E-state index in [1.165, 1.54) is 0 Å². The van der Waals surface area contributed by atoms with E-state index in [-0.39, 0.29) is 0 Å². The number of hydrogen-bond donors (Lipinski definition) is 4. The molecule has 0 aliphatic rings. The first-order valence-electron chi connectivity index (χ1n) is 12.7. The number of anilines is 4. The molecular formula is C29H20F12N4O2. The Balaban J connectivity index is 1.72. The average Bonchev–Trinajstić information content (AvgIpc) is 2.92. The Labute approximate surface area is 256 Å². The molecule has 6 nitrogen and oxygen atoms in total. The number of halogens is 12. The van der Waals surface area contributed by atoms with Gasteiger partial charge < -0.3 is 32.4 Å². The van der Waals surface area contributed by atoms with Crippen LogP contribution in [0.1, 0.15) is 22.3 Å². The van der Waals surface area contributed by atoms with Crippen LogP contribution in [-0.2, 0) is 17.8 Å². The van der Waals surface area contributed by atoms with E-state index in [9.17, 15) is 52.7 Å². The van der Waals surface area contributed by atoms with Crippen LogP contribution in [0.25, 0.3) is 0 Å². The van der Waals surface area contributed by atoms with Crippen molar-refractivity contribution in [2.75, 3.05) is 22.9 Å². The molecule has 0 aliphatic carbocycles. The van der Waals surface area contributed by atoms with Gasteiger partial charge in [-0.15, -0.1) is 0 Å². The molecule has 0 saturated heterocycles. The lowest BCUT2D eigenvalue weighted by Crippen LogP contribution is -2.54. The summed E-state index contributed by atoms with van der Waals surface area (Å²) in [6.45, 7) is 0. The molecule has 0 atom stereocenters. The van der Waals surface area contributed by atoms with Gasteiger partial charge in [0.1, 0.15) is 11.5 Å². The predicted molar refractivity (Wildman–Crippen MR) is 146 cm³/mol. The largest absolute Gasteiger partial charge is 0.453 e. The van der Waals surface area contributed by atoms with Gasteiger partial charge in [0, 0.05) is 0 Å². The highest BCUT2D eigenvalue weighted by atomic mass is 19.4. The number of benzene rings is 4. The Kier molecular flexibility index (Phi) is 8.55. The van der Waals surface area contributed by atoms with E-state index in [1.807, 2.05) is 0 Å². The van der Waals surface area contributed by atoms with Crippen molar-refractivity contribution in [2.45, 2.75) is 30.1 Å². The summed E-state index contributed by atoms with van der Waals surface area (Å²) in [5.74, 6) is -1.87. The molecule has 252 valence electrons. The van der Waals surface area contributed by atoms with Gasteiger partial charge in [0.15, 0.2) is 11.5 Å². The van der Waals surface area contributed by atoms with Gasteiger partial charge in [0.05, 0.1) is 33.9 Å². The molecule has 0 spiro atoms. The van der Waals surface area contributed by atoms with Crippen LogP contribution in [0, 0.1) is 0 Å². The molecule has 18 heteroatoms. The van der Waals surface area contributed by atoms with E-state index in [0.29, 0.717) is 72.8 Å². The normalized spacial score (nSPS) is 13.0. The lowest BCUT2D eigenvalue weighted by Gasteiger charge is -2.38. The molecule has 0 heterocycles. The van der Waals surface area contributed by atoms with Crippen molar-refractivity contribution < 1.29 is 62.2 Å². The second-order valence-corrected chi connectivity index (χ2v) is 9.96. The third kappa shape index (κ3) is 6.57. The molecule has 4 rings (SSSR count). The number of nitrogens with two attached hydrogens (primary N) is 4. The summed E-state index contributed by atoms with van der Waals surface area (Å²) in [6, 6.07) is 6.49. The van der Waals surface area contributed by atoms with Crippen LogP contribution < -0.4 is 32.4 Å². The van der Waals surface area contributed by atoms with Crippen LogP contribution in [-0.4, -0.2) is 12.4 Å². The summed E-state index contributed by atoms with van der Waals surface area (Å²) in [7, 11) is 0. The van der Waals surface area contributed by atoms with E-state index in [0.717, 1.165) is 0 Å². The standard InChI is InChI=1S/C29H20F12N4O2/c30-26(31,32)15-9-19(42)23(20(43)10-15)46-17-5-1-13(2-6-17)25(28(36,37)38,29(39,40)41)14-3-7-18(8-4-14)47-24-21(44)11-16(12-22(24)45)27(33,34)35/h1-12H,42-45H2. The van der Waals surface area contributed by atoms with Gasteiger partial charge in [-0.05, 0) is 59.7 Å². The predicted octanol–water partition coefficient (Wildman–Crippen LogP) is 9.05. The summed E-state index contributed by atoms with van der Waals surface area (Å²) in [5.41, 5.74) is 10.2. The first-order valence-corrected chi connectivity index (χ1v) is 12.7. The van der Waals surface area contributed by atoms with E-state index in [1.54, 1.807) is 0 Å². The van der Waals surface area contributed by atoms with E-state index < -0.39 is 98.1 Å². The second kappa shape index (κ2) is 11.6. The molecule has 47 heavy (non-hydrogen) atoms. The van der Waals surface area contributed by atoms with Crippen LogP contribution in [0.3, 0.4) is 0 Å². The summed E-state index contributed by atoms with van der Waals surface area (Å²) in [4.78, 5) is 0. The third-order valence-electron chi connectivity index (χ3n) is 6.81. The fraction of sp³-hybridized carbons (Fsp3) is 0.172. The van der Waals surface area contributed by atoms with Crippen molar-refractivity contribution in [3.05, 3.63) is 95.1 Å². The summed E-state index contributed by atoms with van der Waals surface area (Å²) in [6.07, 6.45) is -21.7. The number of alkyl halides is 12. The van der Waals surface area contributed by atoms with Crippen molar-refractivity contribution >= 4 is 22.7 Å². The average molecular weight is 684 g/mol. The third-order valence-corrected chi connectivity index (χ3v) is 6.81. The van der Waals surface area contributed by atoms with Crippen LogP contribution in [0.4, 0.5) is 75.4 Å². The van der Waals surface area contributed by atoms with Gasteiger partial charge >= 0.3 is 24.7 Å². The molecule has 0 amide bonds. The zero-order valence-electron chi connectivity index (χ0n) is 23.1. The molecule has 0 radical (unpaired) electrons. The minimum absolute atomic E-state index is 0.416. The molecule has 4 aromatic carbocycles. The minimum atomic E-state index is -6.01. The monoisotopic (exact) mass is 684 g/mol. The van der Waals surface area contributed by atoms with Gasteiger partial charge in [-0.2, -0.15) is 52.7 Å². The van der Waals surface area contributed by atoms with E-state index in [4.69, 9.17) is 32.4 Å². The highest BCUT2D eigenvalue weighted by molar-refractivity contribution is 5.71. The van der Waals surface area contributed by atoms with Crippen LogP contribution in [0.2, 0.25) is 0 Å². The van der Waals surface area contributed by atoms with Crippen molar-refractivity contribution in [1.82, 2.24) is 0 Å². The summed E-state index contributed by atoms with van der Waals surface area (Å²) in [5, 5.41) is 0. The Hall–Kier alpha value is -5.16. The lowest BCUT2D eigenvalue weighted by molar-refractivity contribution is -0.288. The van der Waals surface area contributed by atoms with E-state index in [2.05, 4.69) is 0 Å². The topological polar surface area (TPSA) is 123 Å². The first-order chi connectivity index (χ1) is 21.5.